The number of hydrogen-bond acceptors (Lipinski definition) is 7. The zero-order chi connectivity index (χ0) is 38.9. The highest BCUT2D eigenvalue weighted by Crippen LogP contribution is 2.35. The van der Waals surface area contributed by atoms with Crippen LogP contribution in [0.25, 0.3) is 33.5 Å². The van der Waals surface area contributed by atoms with Gasteiger partial charge in [0.1, 0.15) is 23.6 Å². The second-order valence-electron chi connectivity index (χ2n) is 15.3. The molecule has 0 saturated carbocycles. The van der Waals surface area contributed by atoms with E-state index in [4.69, 9.17) is 0 Å². The number of anilines is 1. The number of aromatic nitrogens is 3. The van der Waals surface area contributed by atoms with Gasteiger partial charge in [-0.3, -0.25) is 9.69 Å². The molecule has 288 valence electrons. The van der Waals surface area contributed by atoms with Gasteiger partial charge in [-0.1, -0.05) is 30.3 Å². The Morgan fingerprint density at radius 2 is 1.64 bits per heavy atom. The Morgan fingerprint density at radius 3 is 2.31 bits per heavy atom. The number of aliphatic hydroxyl groups is 1. The maximum Gasteiger partial charge on any atom is 0.407 e. The molecule has 0 spiro atoms. The number of benzene rings is 3. The summed E-state index contributed by atoms with van der Waals surface area (Å²) in [6, 6.07) is 16.8. The number of amides is 2. The number of carbonyl (C=O) groups is 2. The van der Waals surface area contributed by atoms with Crippen molar-refractivity contribution >= 4 is 28.7 Å². The lowest BCUT2D eigenvalue weighted by Crippen LogP contribution is -2.46. The first kappa shape index (κ1) is 38.1. The van der Waals surface area contributed by atoms with E-state index in [1.54, 1.807) is 6.92 Å². The highest BCUT2D eigenvalue weighted by molar-refractivity contribution is 6.06. The topological polar surface area (TPSA) is 138 Å². The smallest absolute Gasteiger partial charge is 0.407 e. The number of rotatable bonds is 10. The zero-order valence-corrected chi connectivity index (χ0v) is 31.4. The number of likely N-dealkylation sites (tertiary alicyclic amines) is 1. The van der Waals surface area contributed by atoms with Gasteiger partial charge in [0.05, 0.1) is 16.9 Å². The Balaban J connectivity index is 0.993. The molecule has 2 saturated heterocycles. The minimum Gasteiger partial charge on any atom is -0.465 e. The van der Waals surface area contributed by atoms with Crippen molar-refractivity contribution in [3.8, 4) is 22.5 Å². The Kier molecular flexibility index (Phi) is 11.0. The standard InChI is InChI=1S/C42H47F2N7O4/c1-26-33(21-31(43)22-36(26)48-40(52)32-9-8-30(20-35(32)44)42(2,3)55)38-34-23-37(47-39(34)46-25-45-38)29-6-4-28(5-7-29)24-50-18-16-49(17-19-50)13-10-27-11-14-51(15-12-27)41(53)54/h4-9,20-23,25,27,55H,10-19,24H2,1-3H3,(H,48,52)(H,53,54)(H,45,46,47). The van der Waals surface area contributed by atoms with E-state index in [1.165, 1.54) is 54.9 Å². The number of fused-ring (bicyclic) bond motifs is 1. The summed E-state index contributed by atoms with van der Waals surface area (Å²) in [6.07, 6.45) is 3.64. The average molecular weight is 752 g/mol. The van der Waals surface area contributed by atoms with Crippen LogP contribution in [0.5, 0.6) is 0 Å². The second kappa shape index (κ2) is 15.9. The molecule has 55 heavy (non-hydrogen) atoms. The minimum atomic E-state index is -1.28. The summed E-state index contributed by atoms with van der Waals surface area (Å²) in [7, 11) is 0. The normalized spacial score (nSPS) is 16.1. The lowest BCUT2D eigenvalue weighted by atomic mass is 9.93. The van der Waals surface area contributed by atoms with Gasteiger partial charge in [0, 0.05) is 68.1 Å². The summed E-state index contributed by atoms with van der Waals surface area (Å²) in [4.78, 5) is 43.2. The number of halogens is 2. The van der Waals surface area contributed by atoms with Crippen LogP contribution in [0.15, 0.2) is 67.0 Å². The Hall–Kier alpha value is -5.24. The molecule has 2 fully saturated rings. The minimum absolute atomic E-state index is 0.181. The van der Waals surface area contributed by atoms with Gasteiger partial charge in [0.2, 0.25) is 0 Å². The van der Waals surface area contributed by atoms with Crippen molar-refractivity contribution in [3.63, 3.8) is 0 Å². The summed E-state index contributed by atoms with van der Waals surface area (Å²) in [6.45, 7) is 12.1. The zero-order valence-electron chi connectivity index (χ0n) is 31.4. The van der Waals surface area contributed by atoms with Gasteiger partial charge in [0.15, 0.2) is 0 Å². The molecule has 4 N–H and O–H groups in total. The molecular weight excluding hydrogens is 705 g/mol. The molecule has 2 amide bonds. The van der Waals surface area contributed by atoms with E-state index < -0.39 is 29.2 Å². The molecule has 0 bridgehead atoms. The number of piperidine rings is 1. The third-order valence-electron chi connectivity index (χ3n) is 11.1. The first-order chi connectivity index (χ1) is 26.3. The van der Waals surface area contributed by atoms with Crippen LogP contribution in [0.1, 0.15) is 60.2 Å². The predicted molar refractivity (Wildman–Crippen MR) is 208 cm³/mol. The molecule has 2 aliphatic rings. The van der Waals surface area contributed by atoms with Crippen LogP contribution in [-0.4, -0.2) is 97.7 Å². The molecule has 5 aromatic rings. The highest BCUT2D eigenvalue weighted by atomic mass is 19.1. The van der Waals surface area contributed by atoms with Crippen molar-refractivity contribution in [2.45, 2.75) is 52.2 Å². The average Bonchev–Trinajstić information content (AvgIpc) is 3.61. The Morgan fingerprint density at radius 1 is 0.927 bits per heavy atom. The van der Waals surface area contributed by atoms with Crippen LogP contribution in [-0.2, 0) is 12.1 Å². The number of hydrogen-bond donors (Lipinski definition) is 4. The summed E-state index contributed by atoms with van der Waals surface area (Å²) in [5.74, 6) is -1.53. The lowest BCUT2D eigenvalue weighted by Gasteiger charge is -2.36. The van der Waals surface area contributed by atoms with E-state index in [0.29, 0.717) is 52.4 Å². The maximum absolute atomic E-state index is 15.1. The molecular formula is C42H47F2N7O4. The van der Waals surface area contributed by atoms with Crippen LogP contribution in [0, 0.1) is 24.5 Å². The number of H-pyrrole nitrogens is 1. The number of nitrogens with zero attached hydrogens (tertiary/aromatic N) is 5. The van der Waals surface area contributed by atoms with Crippen LogP contribution < -0.4 is 5.32 Å². The molecule has 2 aliphatic heterocycles. The third kappa shape index (κ3) is 8.69. The molecule has 0 unspecified atom stereocenters. The van der Waals surface area contributed by atoms with Gasteiger partial charge < -0.3 is 30.3 Å². The van der Waals surface area contributed by atoms with Gasteiger partial charge in [-0.15, -0.1) is 0 Å². The maximum atomic E-state index is 15.1. The van der Waals surface area contributed by atoms with Crippen molar-refractivity contribution in [1.29, 1.82) is 0 Å². The largest absolute Gasteiger partial charge is 0.465 e. The summed E-state index contributed by atoms with van der Waals surface area (Å²) in [5.41, 5.74) is 4.09. The van der Waals surface area contributed by atoms with Crippen LogP contribution in [0.4, 0.5) is 19.3 Å². The van der Waals surface area contributed by atoms with Gasteiger partial charge in [-0.2, -0.15) is 0 Å². The Labute approximate surface area is 319 Å². The molecule has 0 aliphatic carbocycles. The highest BCUT2D eigenvalue weighted by Gasteiger charge is 2.25. The fraction of sp³-hybridized carbons (Fsp3) is 0.381. The quantitative estimate of drug-likeness (QED) is 0.117. The SMILES string of the molecule is Cc1c(NC(=O)c2ccc(C(C)(C)O)cc2F)cc(F)cc1-c1ncnc2[nH]c(-c3ccc(CN4CCN(CCC5CCN(C(=O)O)CC5)CC4)cc3)cc12. The van der Waals surface area contributed by atoms with Gasteiger partial charge >= 0.3 is 6.09 Å². The first-order valence-electron chi connectivity index (χ1n) is 18.8. The van der Waals surface area contributed by atoms with E-state index in [1.807, 2.05) is 6.07 Å². The third-order valence-corrected chi connectivity index (χ3v) is 11.1. The first-order valence-corrected chi connectivity index (χ1v) is 18.8. The molecule has 7 rings (SSSR count). The number of aromatic amines is 1. The molecule has 2 aromatic heterocycles. The van der Waals surface area contributed by atoms with Crippen LogP contribution >= 0.6 is 0 Å². The Bertz CT molecular complexity index is 2180. The predicted octanol–water partition coefficient (Wildman–Crippen LogP) is 7.26. The van der Waals surface area contributed by atoms with Gasteiger partial charge in [-0.25, -0.2) is 23.5 Å². The molecule has 0 atom stereocenters. The van der Waals surface area contributed by atoms with E-state index in [0.717, 1.165) is 75.9 Å². The van der Waals surface area contributed by atoms with Crippen LogP contribution in [0.2, 0.25) is 0 Å². The second-order valence-corrected chi connectivity index (χ2v) is 15.3. The fourth-order valence-corrected chi connectivity index (χ4v) is 7.63. The van der Waals surface area contributed by atoms with Gasteiger partial charge in [0.25, 0.3) is 5.91 Å². The van der Waals surface area contributed by atoms with Crippen molar-refractivity contribution < 1.29 is 28.6 Å². The van der Waals surface area contributed by atoms with E-state index >= 15 is 4.39 Å². The van der Waals surface area contributed by atoms with E-state index in [9.17, 15) is 24.2 Å². The summed E-state index contributed by atoms with van der Waals surface area (Å²) < 4.78 is 30.0. The molecule has 0 radical (unpaired) electrons. The number of carbonyl (C=O) groups excluding carboxylic acids is 1. The number of nitrogens with one attached hydrogen (secondary N) is 2. The molecule has 11 nitrogen and oxygen atoms in total. The van der Waals surface area contributed by atoms with Crippen molar-refractivity contribution in [2.24, 2.45) is 5.92 Å². The lowest BCUT2D eigenvalue weighted by molar-refractivity contribution is 0.0780. The summed E-state index contributed by atoms with van der Waals surface area (Å²) in [5, 5.41) is 22.8. The molecule has 4 heterocycles. The van der Waals surface area contributed by atoms with Crippen LogP contribution in [0.3, 0.4) is 0 Å². The molecule has 13 heteroatoms. The number of carboxylic acid groups (broad SMARTS) is 1. The van der Waals surface area contributed by atoms with Crippen molar-refractivity contribution in [2.75, 3.05) is 51.1 Å². The fourth-order valence-electron chi connectivity index (χ4n) is 7.63. The van der Waals surface area contributed by atoms with Crippen molar-refractivity contribution in [3.05, 3.63) is 101 Å². The van der Waals surface area contributed by atoms with Crippen molar-refractivity contribution in [1.82, 2.24) is 29.7 Å². The van der Waals surface area contributed by atoms with E-state index in [2.05, 4.69) is 54.3 Å². The van der Waals surface area contributed by atoms with Gasteiger partial charge in [-0.05, 0) is 105 Å². The monoisotopic (exact) mass is 751 g/mol. The number of piperazine rings is 1. The molecule has 3 aromatic carbocycles. The van der Waals surface area contributed by atoms with E-state index in [-0.39, 0.29) is 11.3 Å². The summed E-state index contributed by atoms with van der Waals surface area (Å²) >= 11 is 0.